The average Bonchev–Trinajstić information content (AvgIpc) is 2.26. The molecule has 1 aromatic carbocycles. The van der Waals surface area contributed by atoms with Crippen LogP contribution in [-0.4, -0.2) is 43.7 Å². The Morgan fingerprint density at radius 2 is 1.95 bits per heavy atom. The highest BCUT2D eigenvalue weighted by Gasteiger charge is 2.37. The summed E-state index contributed by atoms with van der Waals surface area (Å²) in [5.74, 6) is 0. The summed E-state index contributed by atoms with van der Waals surface area (Å²) in [5.41, 5.74) is 0.239. The topological polar surface area (TPSA) is 57.6 Å². The van der Waals surface area contributed by atoms with Gasteiger partial charge in [0.15, 0.2) is 0 Å². The van der Waals surface area contributed by atoms with Gasteiger partial charge < -0.3 is 5.11 Å². The first-order chi connectivity index (χ1) is 9.08. The summed E-state index contributed by atoms with van der Waals surface area (Å²) in [7, 11) is -4.35. The quantitative estimate of drug-likeness (QED) is 0.900. The summed E-state index contributed by atoms with van der Waals surface area (Å²) in [6, 6.07) is 3.78. The summed E-state index contributed by atoms with van der Waals surface area (Å²) >= 11 is 5.69. The van der Waals surface area contributed by atoms with E-state index in [0.717, 1.165) is 6.07 Å². The number of halogens is 4. The lowest BCUT2D eigenvalue weighted by Crippen LogP contribution is -2.40. The minimum Gasteiger partial charge on any atom is -0.395 e. The van der Waals surface area contributed by atoms with Crippen molar-refractivity contribution in [1.29, 1.82) is 0 Å². The van der Waals surface area contributed by atoms with Crippen LogP contribution in [0.5, 0.6) is 0 Å². The van der Waals surface area contributed by atoms with Crippen LogP contribution >= 0.6 is 11.6 Å². The van der Waals surface area contributed by atoms with Gasteiger partial charge in [-0.25, -0.2) is 8.42 Å². The lowest BCUT2D eigenvalue weighted by atomic mass is 10.2. The van der Waals surface area contributed by atoms with Crippen LogP contribution in [0.4, 0.5) is 13.2 Å². The molecule has 1 aromatic rings. The van der Waals surface area contributed by atoms with Gasteiger partial charge >= 0.3 is 6.18 Å². The van der Waals surface area contributed by atoms with Crippen LogP contribution in [0.15, 0.2) is 23.1 Å². The van der Waals surface area contributed by atoms with Crippen molar-refractivity contribution in [3.8, 4) is 0 Å². The van der Waals surface area contributed by atoms with Crippen molar-refractivity contribution in [2.24, 2.45) is 0 Å². The number of hydrogen-bond acceptors (Lipinski definition) is 3. The van der Waals surface area contributed by atoms with E-state index in [-0.39, 0.29) is 19.8 Å². The van der Waals surface area contributed by atoms with Crippen LogP contribution in [0, 0.1) is 6.92 Å². The second kappa shape index (κ2) is 6.30. The van der Waals surface area contributed by atoms with E-state index in [4.69, 9.17) is 16.7 Å². The second-order valence-corrected chi connectivity index (χ2v) is 6.43. The molecule has 0 unspecified atom stereocenters. The Balaban J connectivity index is 3.22. The van der Waals surface area contributed by atoms with E-state index in [9.17, 15) is 21.6 Å². The van der Waals surface area contributed by atoms with E-state index in [1.807, 2.05) is 0 Å². The maximum absolute atomic E-state index is 12.4. The molecule has 0 aliphatic rings. The highest BCUT2D eigenvalue weighted by Crippen LogP contribution is 2.26. The van der Waals surface area contributed by atoms with E-state index < -0.39 is 35.9 Å². The maximum atomic E-state index is 12.4. The van der Waals surface area contributed by atoms with Crippen molar-refractivity contribution in [3.63, 3.8) is 0 Å². The first-order valence-electron chi connectivity index (χ1n) is 5.52. The molecule has 0 aliphatic carbocycles. The number of aliphatic hydroxyl groups excluding tert-OH is 1. The molecule has 4 nitrogen and oxygen atoms in total. The van der Waals surface area contributed by atoms with Crippen molar-refractivity contribution in [3.05, 3.63) is 28.8 Å². The Morgan fingerprint density at radius 3 is 2.40 bits per heavy atom. The second-order valence-electron chi connectivity index (χ2n) is 4.09. The van der Waals surface area contributed by atoms with Gasteiger partial charge in [-0.2, -0.15) is 17.5 Å². The molecule has 0 spiro atoms. The predicted octanol–water partition coefficient (Wildman–Crippen LogP) is 2.19. The summed E-state index contributed by atoms with van der Waals surface area (Å²) in [5, 5.41) is 9.05. The molecule has 0 aliphatic heterocycles. The SMILES string of the molecule is Cc1cc(Cl)ccc1S(=O)(=O)N(CCO)CC(F)(F)F. The zero-order valence-electron chi connectivity index (χ0n) is 10.5. The molecular formula is C11H13ClF3NO3S. The van der Waals surface area contributed by atoms with Gasteiger partial charge in [-0.15, -0.1) is 0 Å². The van der Waals surface area contributed by atoms with E-state index in [1.54, 1.807) is 0 Å². The molecule has 0 radical (unpaired) electrons. The van der Waals surface area contributed by atoms with Gasteiger partial charge in [0.05, 0.1) is 11.5 Å². The van der Waals surface area contributed by atoms with Crippen molar-refractivity contribution >= 4 is 21.6 Å². The zero-order chi connectivity index (χ0) is 15.6. The molecule has 20 heavy (non-hydrogen) atoms. The van der Waals surface area contributed by atoms with Crippen LogP contribution in [0.3, 0.4) is 0 Å². The molecule has 1 N–H and O–H groups in total. The van der Waals surface area contributed by atoms with E-state index in [0.29, 0.717) is 0 Å². The van der Waals surface area contributed by atoms with Gasteiger partial charge in [-0.3, -0.25) is 0 Å². The summed E-state index contributed by atoms with van der Waals surface area (Å²) in [6.45, 7) is -1.56. The lowest BCUT2D eigenvalue weighted by Gasteiger charge is -2.23. The minimum atomic E-state index is -4.69. The van der Waals surface area contributed by atoms with Crippen molar-refractivity contribution < 1.29 is 26.7 Å². The van der Waals surface area contributed by atoms with E-state index in [1.165, 1.54) is 19.1 Å². The molecule has 1 rings (SSSR count). The van der Waals surface area contributed by atoms with Crippen LogP contribution in [0.2, 0.25) is 5.02 Å². The number of rotatable bonds is 5. The maximum Gasteiger partial charge on any atom is 0.402 e. The smallest absolute Gasteiger partial charge is 0.395 e. The normalized spacial score (nSPS) is 12.9. The fourth-order valence-corrected chi connectivity index (χ4v) is 3.49. The average molecular weight is 332 g/mol. The molecule has 114 valence electrons. The lowest BCUT2D eigenvalue weighted by molar-refractivity contribution is -0.136. The molecule has 9 heteroatoms. The van der Waals surface area contributed by atoms with Gasteiger partial charge in [0.2, 0.25) is 10.0 Å². The number of alkyl halides is 3. The third-order valence-electron chi connectivity index (χ3n) is 2.46. The molecule has 0 amide bonds. The number of hydrogen-bond donors (Lipinski definition) is 1. The minimum absolute atomic E-state index is 0.198. The third kappa shape index (κ3) is 4.34. The van der Waals surface area contributed by atoms with E-state index in [2.05, 4.69) is 0 Å². The van der Waals surface area contributed by atoms with Crippen molar-refractivity contribution in [2.45, 2.75) is 18.0 Å². The van der Waals surface area contributed by atoms with Crippen LogP contribution in [0.25, 0.3) is 0 Å². The molecule has 0 aromatic heterocycles. The molecule has 0 bridgehead atoms. The van der Waals surface area contributed by atoms with Crippen molar-refractivity contribution in [2.75, 3.05) is 19.7 Å². The fraction of sp³-hybridized carbons (Fsp3) is 0.455. The Morgan fingerprint density at radius 1 is 1.35 bits per heavy atom. The monoisotopic (exact) mass is 331 g/mol. The number of benzene rings is 1. The van der Waals surface area contributed by atoms with Crippen molar-refractivity contribution in [1.82, 2.24) is 4.31 Å². The highest BCUT2D eigenvalue weighted by molar-refractivity contribution is 7.89. The molecule has 0 saturated carbocycles. The Labute approximate surface area is 119 Å². The van der Waals surface area contributed by atoms with Gasteiger partial charge in [0.1, 0.15) is 6.54 Å². The highest BCUT2D eigenvalue weighted by atomic mass is 35.5. The molecule has 0 fully saturated rings. The fourth-order valence-electron chi connectivity index (χ4n) is 1.64. The standard InChI is InChI=1S/C11H13ClF3NO3S/c1-8-6-9(12)2-3-10(8)20(18,19)16(4-5-17)7-11(13,14)15/h2-3,6,17H,4-5,7H2,1H3. The summed E-state index contributed by atoms with van der Waals surface area (Å²) in [6.07, 6.45) is -4.69. The Hall–Kier alpha value is -0.830. The first kappa shape index (κ1) is 17.2. The zero-order valence-corrected chi connectivity index (χ0v) is 12.1. The number of aliphatic hydroxyl groups is 1. The molecular weight excluding hydrogens is 319 g/mol. The van der Waals surface area contributed by atoms with E-state index >= 15 is 0 Å². The van der Waals surface area contributed by atoms with Gasteiger partial charge in [-0.05, 0) is 30.7 Å². The first-order valence-corrected chi connectivity index (χ1v) is 7.33. The molecule has 0 heterocycles. The van der Waals surface area contributed by atoms with Gasteiger partial charge in [-0.1, -0.05) is 11.6 Å². The van der Waals surface area contributed by atoms with Crippen LogP contribution in [0.1, 0.15) is 5.56 Å². The molecule has 0 atom stereocenters. The summed E-state index contributed by atoms with van der Waals surface area (Å²) in [4.78, 5) is -0.264. The predicted molar refractivity (Wildman–Crippen MR) is 68.1 cm³/mol. The number of nitrogens with zero attached hydrogens (tertiary/aromatic N) is 1. The van der Waals surface area contributed by atoms with Gasteiger partial charge in [0.25, 0.3) is 0 Å². The Bertz CT molecular complexity index is 575. The van der Waals surface area contributed by atoms with Crippen LogP contribution < -0.4 is 0 Å². The molecule has 0 saturated heterocycles. The third-order valence-corrected chi connectivity index (χ3v) is 4.70. The van der Waals surface area contributed by atoms with Gasteiger partial charge in [0, 0.05) is 11.6 Å². The van der Waals surface area contributed by atoms with Crippen LogP contribution in [-0.2, 0) is 10.0 Å². The number of aryl methyl sites for hydroxylation is 1. The number of sulfonamides is 1. The Kier molecular flexibility index (Phi) is 5.42. The summed E-state index contributed by atoms with van der Waals surface area (Å²) < 4.78 is 61.9. The largest absolute Gasteiger partial charge is 0.402 e.